The fraction of sp³-hybridized carbons (Fsp3) is 0.267. The van der Waals surface area contributed by atoms with Gasteiger partial charge in [0.2, 0.25) is 0 Å². The van der Waals surface area contributed by atoms with Gasteiger partial charge in [-0.2, -0.15) is 0 Å². The van der Waals surface area contributed by atoms with E-state index in [2.05, 4.69) is 23.3 Å². The minimum atomic E-state index is 0.164. The van der Waals surface area contributed by atoms with Gasteiger partial charge < -0.3 is 10.1 Å². The number of methoxy groups -OCH3 is 1. The third kappa shape index (κ3) is 3.38. The summed E-state index contributed by atoms with van der Waals surface area (Å²) < 4.78 is 5.24. The second kappa shape index (κ2) is 5.93. The zero-order valence-electron chi connectivity index (χ0n) is 11.3. The van der Waals surface area contributed by atoms with E-state index < -0.39 is 0 Å². The van der Waals surface area contributed by atoms with E-state index in [0.29, 0.717) is 5.15 Å². The van der Waals surface area contributed by atoms with Crippen LogP contribution in [0.5, 0.6) is 5.75 Å². The molecule has 0 bridgehead atoms. The Labute approximate surface area is 118 Å². The maximum Gasteiger partial charge on any atom is 0.129 e. The zero-order valence-corrected chi connectivity index (χ0v) is 12.0. The number of ether oxygens (including phenoxy) is 1. The molecule has 1 atom stereocenters. The fourth-order valence-electron chi connectivity index (χ4n) is 1.91. The Morgan fingerprint density at radius 3 is 2.74 bits per heavy atom. The zero-order chi connectivity index (χ0) is 13.8. The van der Waals surface area contributed by atoms with E-state index >= 15 is 0 Å². The first-order valence-electron chi connectivity index (χ1n) is 6.14. The molecule has 0 saturated carbocycles. The van der Waals surface area contributed by atoms with Gasteiger partial charge in [-0.25, -0.2) is 4.98 Å². The molecule has 1 aromatic carbocycles. The number of nitrogens with one attached hydrogen (secondary N) is 1. The number of rotatable bonds is 4. The maximum atomic E-state index is 5.85. The lowest BCUT2D eigenvalue weighted by Crippen LogP contribution is -2.08. The van der Waals surface area contributed by atoms with Crippen molar-refractivity contribution < 1.29 is 4.74 Å². The summed E-state index contributed by atoms with van der Waals surface area (Å²) in [7, 11) is 1.67. The molecule has 2 rings (SSSR count). The number of hydrogen-bond donors (Lipinski definition) is 1. The van der Waals surface area contributed by atoms with Gasteiger partial charge in [0.05, 0.1) is 18.5 Å². The summed E-state index contributed by atoms with van der Waals surface area (Å²) in [4.78, 5) is 4.23. The van der Waals surface area contributed by atoms with Crippen LogP contribution in [0.4, 0.5) is 5.69 Å². The Balaban J connectivity index is 2.17. The molecule has 4 heteroatoms. The molecule has 0 aliphatic heterocycles. The molecule has 0 aliphatic carbocycles. The van der Waals surface area contributed by atoms with E-state index in [1.807, 2.05) is 31.2 Å². The highest BCUT2D eigenvalue weighted by molar-refractivity contribution is 6.29. The number of pyridine rings is 1. The summed E-state index contributed by atoms with van der Waals surface area (Å²) in [6, 6.07) is 11.9. The Kier molecular flexibility index (Phi) is 4.27. The van der Waals surface area contributed by atoms with E-state index in [-0.39, 0.29) is 6.04 Å². The quantitative estimate of drug-likeness (QED) is 0.849. The Hall–Kier alpha value is -1.74. The summed E-state index contributed by atoms with van der Waals surface area (Å²) in [5.74, 6) is 0.858. The number of halogens is 1. The molecular weight excluding hydrogens is 260 g/mol. The van der Waals surface area contributed by atoms with Gasteiger partial charge in [0.15, 0.2) is 0 Å². The summed E-state index contributed by atoms with van der Waals surface area (Å²) in [5, 5.41) is 3.94. The molecule has 1 unspecified atom stereocenters. The van der Waals surface area contributed by atoms with Crippen molar-refractivity contribution in [2.24, 2.45) is 0 Å². The number of anilines is 1. The lowest BCUT2D eigenvalue weighted by atomic mass is 10.1. The van der Waals surface area contributed by atoms with Crippen molar-refractivity contribution in [1.82, 2.24) is 4.98 Å². The van der Waals surface area contributed by atoms with Gasteiger partial charge >= 0.3 is 0 Å². The van der Waals surface area contributed by atoms with Gasteiger partial charge in [0, 0.05) is 6.04 Å². The van der Waals surface area contributed by atoms with Crippen LogP contribution in [-0.2, 0) is 0 Å². The largest absolute Gasteiger partial charge is 0.497 e. The minimum absolute atomic E-state index is 0.164. The van der Waals surface area contributed by atoms with Crippen LogP contribution in [0.15, 0.2) is 36.4 Å². The number of aromatic nitrogens is 1. The lowest BCUT2D eigenvalue weighted by Gasteiger charge is -2.17. The number of hydrogen-bond acceptors (Lipinski definition) is 3. The molecule has 0 aliphatic rings. The van der Waals surface area contributed by atoms with Crippen LogP contribution >= 0.6 is 11.6 Å². The van der Waals surface area contributed by atoms with Gasteiger partial charge in [-0.3, -0.25) is 0 Å². The number of nitrogens with zero attached hydrogens (tertiary/aromatic N) is 1. The summed E-state index contributed by atoms with van der Waals surface area (Å²) >= 11 is 5.85. The third-order valence-electron chi connectivity index (χ3n) is 3.02. The van der Waals surface area contributed by atoms with E-state index in [1.54, 1.807) is 13.2 Å². The molecule has 1 N–H and O–H groups in total. The molecule has 0 amide bonds. The van der Waals surface area contributed by atoms with Crippen LogP contribution in [0.25, 0.3) is 0 Å². The van der Waals surface area contributed by atoms with E-state index in [9.17, 15) is 0 Å². The molecule has 0 spiro atoms. The molecule has 2 aromatic rings. The highest BCUT2D eigenvalue weighted by Gasteiger charge is 2.08. The van der Waals surface area contributed by atoms with Gasteiger partial charge in [-0.05, 0) is 43.7 Å². The number of aryl methyl sites for hydroxylation is 1. The smallest absolute Gasteiger partial charge is 0.129 e. The molecule has 0 fully saturated rings. The van der Waals surface area contributed by atoms with Crippen molar-refractivity contribution in [2.45, 2.75) is 19.9 Å². The predicted octanol–water partition coefficient (Wildman–Crippen LogP) is 4.23. The van der Waals surface area contributed by atoms with Crippen molar-refractivity contribution in [3.63, 3.8) is 0 Å². The van der Waals surface area contributed by atoms with Gasteiger partial charge in [-0.15, -0.1) is 0 Å². The fourth-order valence-corrected chi connectivity index (χ4v) is 2.10. The molecule has 1 aromatic heterocycles. The predicted molar refractivity (Wildman–Crippen MR) is 79.0 cm³/mol. The van der Waals surface area contributed by atoms with Gasteiger partial charge in [-0.1, -0.05) is 23.7 Å². The van der Waals surface area contributed by atoms with Crippen LogP contribution < -0.4 is 10.1 Å². The SMILES string of the molecule is COc1cccc(C(C)Nc2ccc(Cl)nc2C)c1. The molecule has 0 radical (unpaired) electrons. The van der Waals surface area contributed by atoms with Crippen LogP contribution in [-0.4, -0.2) is 12.1 Å². The van der Waals surface area contributed by atoms with E-state index in [4.69, 9.17) is 16.3 Å². The summed E-state index contributed by atoms with van der Waals surface area (Å²) in [6.45, 7) is 4.04. The average Bonchev–Trinajstić information content (AvgIpc) is 2.42. The first-order valence-corrected chi connectivity index (χ1v) is 6.51. The Morgan fingerprint density at radius 1 is 1.26 bits per heavy atom. The van der Waals surface area contributed by atoms with Crippen molar-refractivity contribution in [3.05, 3.63) is 52.8 Å². The highest BCUT2D eigenvalue weighted by atomic mass is 35.5. The minimum Gasteiger partial charge on any atom is -0.497 e. The molecule has 19 heavy (non-hydrogen) atoms. The average molecular weight is 277 g/mol. The van der Waals surface area contributed by atoms with Crippen molar-refractivity contribution in [1.29, 1.82) is 0 Å². The highest BCUT2D eigenvalue weighted by Crippen LogP contribution is 2.24. The van der Waals surface area contributed by atoms with E-state index in [1.165, 1.54) is 0 Å². The standard InChI is InChI=1S/C15H17ClN2O/c1-10(12-5-4-6-13(9-12)19-3)17-14-7-8-15(16)18-11(14)2/h4-10,17H,1-3H3. The van der Waals surface area contributed by atoms with Crippen LogP contribution in [0.2, 0.25) is 5.15 Å². The van der Waals surface area contributed by atoms with Crippen molar-refractivity contribution >= 4 is 17.3 Å². The molecule has 1 heterocycles. The normalized spacial score (nSPS) is 12.0. The van der Waals surface area contributed by atoms with Gasteiger partial charge in [0.1, 0.15) is 10.9 Å². The first-order chi connectivity index (χ1) is 9.10. The van der Waals surface area contributed by atoms with Crippen molar-refractivity contribution in [2.75, 3.05) is 12.4 Å². The summed E-state index contributed by atoms with van der Waals surface area (Å²) in [6.07, 6.45) is 0. The first kappa shape index (κ1) is 13.7. The number of benzene rings is 1. The molecule has 3 nitrogen and oxygen atoms in total. The van der Waals surface area contributed by atoms with Crippen LogP contribution in [0.1, 0.15) is 24.2 Å². The molecule has 0 saturated heterocycles. The van der Waals surface area contributed by atoms with Crippen LogP contribution in [0.3, 0.4) is 0 Å². The monoisotopic (exact) mass is 276 g/mol. The molecule has 100 valence electrons. The van der Waals surface area contributed by atoms with Crippen molar-refractivity contribution in [3.8, 4) is 5.75 Å². The summed E-state index contributed by atoms with van der Waals surface area (Å²) in [5.41, 5.74) is 3.04. The Bertz CT molecular complexity index is 572. The topological polar surface area (TPSA) is 34.1 Å². The van der Waals surface area contributed by atoms with Gasteiger partial charge in [0.25, 0.3) is 0 Å². The second-order valence-corrected chi connectivity index (χ2v) is 4.80. The second-order valence-electron chi connectivity index (χ2n) is 4.41. The third-order valence-corrected chi connectivity index (χ3v) is 3.23. The van der Waals surface area contributed by atoms with E-state index in [0.717, 1.165) is 22.7 Å². The maximum absolute atomic E-state index is 5.85. The lowest BCUT2D eigenvalue weighted by molar-refractivity contribution is 0.414. The Morgan fingerprint density at radius 2 is 2.05 bits per heavy atom. The molecular formula is C15H17ClN2O. The van der Waals surface area contributed by atoms with Crippen LogP contribution in [0, 0.1) is 6.92 Å².